The molecule has 10 nitrogen and oxygen atoms in total. The van der Waals surface area contributed by atoms with Gasteiger partial charge in [0.15, 0.2) is 22.5 Å². The van der Waals surface area contributed by atoms with Crippen LogP contribution in [0.3, 0.4) is 0 Å². The molecule has 0 aliphatic carbocycles. The molecule has 39 heavy (non-hydrogen) atoms. The molecule has 0 saturated heterocycles. The molecule has 0 saturated carbocycles. The van der Waals surface area contributed by atoms with Crippen LogP contribution in [0.4, 0.5) is 0 Å². The summed E-state index contributed by atoms with van der Waals surface area (Å²) in [5.41, 5.74) is 4.97. The molecule has 0 radical (unpaired) electrons. The van der Waals surface area contributed by atoms with Crippen LogP contribution in [0.15, 0.2) is 77.0 Å². The summed E-state index contributed by atoms with van der Waals surface area (Å²) in [6.45, 7) is 2.52. The zero-order valence-electron chi connectivity index (χ0n) is 22.1. The van der Waals surface area contributed by atoms with Crippen LogP contribution >= 0.6 is 11.8 Å². The van der Waals surface area contributed by atoms with Crippen molar-refractivity contribution >= 4 is 23.9 Å². The van der Waals surface area contributed by atoms with Crippen LogP contribution in [0.25, 0.3) is 17.1 Å². The second-order valence-corrected chi connectivity index (χ2v) is 8.92. The van der Waals surface area contributed by atoms with Gasteiger partial charge in [-0.05, 0) is 43.3 Å². The third-order valence-corrected chi connectivity index (χ3v) is 6.42. The normalized spacial score (nSPS) is 10.9. The van der Waals surface area contributed by atoms with Crippen molar-refractivity contribution in [2.75, 3.05) is 33.7 Å². The first-order chi connectivity index (χ1) is 19.1. The van der Waals surface area contributed by atoms with Gasteiger partial charge in [0.05, 0.1) is 39.9 Å². The minimum absolute atomic E-state index is 0.0799. The van der Waals surface area contributed by atoms with Crippen molar-refractivity contribution in [2.45, 2.75) is 12.1 Å². The number of methoxy groups -OCH3 is 3. The van der Waals surface area contributed by atoms with E-state index < -0.39 is 0 Å². The highest BCUT2D eigenvalue weighted by atomic mass is 32.2. The molecular formula is C28H29N5O5S. The number of hydrazone groups is 1. The molecule has 0 spiro atoms. The number of benzene rings is 3. The summed E-state index contributed by atoms with van der Waals surface area (Å²) >= 11 is 1.26. The largest absolute Gasteiger partial charge is 0.494 e. The number of nitrogens with zero attached hydrogens (tertiary/aromatic N) is 4. The van der Waals surface area contributed by atoms with Gasteiger partial charge >= 0.3 is 0 Å². The van der Waals surface area contributed by atoms with E-state index in [1.165, 1.54) is 39.3 Å². The maximum atomic E-state index is 12.6. The maximum Gasteiger partial charge on any atom is 0.250 e. The van der Waals surface area contributed by atoms with Gasteiger partial charge < -0.3 is 18.9 Å². The van der Waals surface area contributed by atoms with Gasteiger partial charge in [0, 0.05) is 16.8 Å². The zero-order valence-corrected chi connectivity index (χ0v) is 22.9. The number of carbonyl (C=O) groups is 1. The van der Waals surface area contributed by atoms with Gasteiger partial charge in [0.1, 0.15) is 5.75 Å². The second kappa shape index (κ2) is 13.3. The highest BCUT2D eigenvalue weighted by Crippen LogP contribution is 2.37. The number of carbonyl (C=O) groups excluding carboxylic acids is 1. The van der Waals surface area contributed by atoms with E-state index in [4.69, 9.17) is 18.9 Å². The molecule has 1 heterocycles. The van der Waals surface area contributed by atoms with E-state index in [1.807, 2.05) is 66.1 Å². The predicted octanol–water partition coefficient (Wildman–Crippen LogP) is 4.60. The van der Waals surface area contributed by atoms with Gasteiger partial charge in [-0.15, -0.1) is 10.2 Å². The van der Waals surface area contributed by atoms with Crippen molar-refractivity contribution in [1.29, 1.82) is 0 Å². The third-order valence-electron chi connectivity index (χ3n) is 5.49. The average Bonchev–Trinajstić information content (AvgIpc) is 3.40. The minimum atomic E-state index is -0.300. The van der Waals surface area contributed by atoms with E-state index in [0.717, 1.165) is 17.0 Å². The highest BCUT2D eigenvalue weighted by Gasteiger charge is 2.17. The van der Waals surface area contributed by atoms with Crippen molar-refractivity contribution in [3.05, 3.63) is 72.3 Å². The number of hydrogen-bond acceptors (Lipinski definition) is 9. The Morgan fingerprint density at radius 2 is 1.67 bits per heavy atom. The SMILES string of the molecule is CCOc1ccc(-n2c(SCC(=O)NN=Cc3cc(OC)c(OC)c(OC)c3)nnc2-c2ccccc2)cc1. The number of aromatic nitrogens is 3. The summed E-state index contributed by atoms with van der Waals surface area (Å²) < 4.78 is 23.5. The van der Waals surface area contributed by atoms with E-state index in [1.54, 1.807) is 12.1 Å². The number of hydrogen-bond donors (Lipinski definition) is 1. The minimum Gasteiger partial charge on any atom is -0.494 e. The van der Waals surface area contributed by atoms with Crippen LogP contribution in [0, 0.1) is 0 Å². The fourth-order valence-corrected chi connectivity index (χ4v) is 4.49. The molecule has 202 valence electrons. The summed E-state index contributed by atoms with van der Waals surface area (Å²) in [5, 5.41) is 13.4. The molecule has 1 amide bonds. The molecule has 0 fully saturated rings. The molecule has 0 aliphatic heterocycles. The number of nitrogens with one attached hydrogen (secondary N) is 1. The van der Waals surface area contributed by atoms with Gasteiger partial charge in [0.2, 0.25) is 5.75 Å². The van der Waals surface area contributed by atoms with Crippen molar-refractivity contribution in [1.82, 2.24) is 20.2 Å². The third kappa shape index (κ3) is 6.68. The van der Waals surface area contributed by atoms with Crippen LogP contribution in [0.2, 0.25) is 0 Å². The molecule has 1 aromatic heterocycles. The number of rotatable bonds is 12. The van der Waals surface area contributed by atoms with Crippen molar-refractivity contribution in [3.63, 3.8) is 0 Å². The average molecular weight is 548 g/mol. The quantitative estimate of drug-likeness (QED) is 0.156. The number of amides is 1. The lowest BCUT2D eigenvalue weighted by atomic mass is 10.2. The van der Waals surface area contributed by atoms with E-state index in [9.17, 15) is 4.79 Å². The number of thioether (sulfide) groups is 1. The Hall–Kier alpha value is -4.51. The van der Waals surface area contributed by atoms with Crippen LogP contribution in [-0.4, -0.2) is 60.6 Å². The Morgan fingerprint density at radius 1 is 0.974 bits per heavy atom. The zero-order chi connectivity index (χ0) is 27.6. The van der Waals surface area contributed by atoms with Crippen LogP contribution in [-0.2, 0) is 4.79 Å². The fraction of sp³-hybridized carbons (Fsp3) is 0.214. The molecular weight excluding hydrogens is 518 g/mol. The van der Waals surface area contributed by atoms with Crippen molar-refractivity contribution in [3.8, 4) is 40.1 Å². The lowest BCUT2D eigenvalue weighted by molar-refractivity contribution is -0.118. The molecule has 0 bridgehead atoms. The summed E-state index contributed by atoms with van der Waals surface area (Å²) in [6.07, 6.45) is 1.50. The molecule has 1 N–H and O–H groups in total. The summed E-state index contributed by atoms with van der Waals surface area (Å²) in [4.78, 5) is 12.6. The van der Waals surface area contributed by atoms with Crippen LogP contribution in [0.5, 0.6) is 23.0 Å². The molecule has 0 aliphatic rings. The summed E-state index contributed by atoms with van der Waals surface area (Å²) in [5.74, 6) is 2.68. The first kappa shape index (κ1) is 27.5. The molecule has 3 aromatic carbocycles. The van der Waals surface area contributed by atoms with Gasteiger partial charge in [0.25, 0.3) is 5.91 Å². The van der Waals surface area contributed by atoms with Gasteiger partial charge in [-0.1, -0.05) is 42.1 Å². The molecule has 0 unspecified atom stereocenters. The Morgan fingerprint density at radius 3 is 2.28 bits per heavy atom. The monoisotopic (exact) mass is 547 g/mol. The van der Waals surface area contributed by atoms with Gasteiger partial charge in [-0.25, -0.2) is 5.43 Å². The number of ether oxygens (including phenoxy) is 4. The second-order valence-electron chi connectivity index (χ2n) is 7.98. The summed E-state index contributed by atoms with van der Waals surface area (Å²) in [7, 11) is 4.60. The van der Waals surface area contributed by atoms with Crippen molar-refractivity contribution in [2.24, 2.45) is 5.10 Å². The lowest BCUT2D eigenvalue weighted by Crippen LogP contribution is -2.20. The lowest BCUT2D eigenvalue weighted by Gasteiger charge is -2.12. The first-order valence-corrected chi connectivity index (χ1v) is 13.0. The van der Waals surface area contributed by atoms with E-state index in [0.29, 0.717) is 40.4 Å². The molecule has 11 heteroatoms. The maximum absolute atomic E-state index is 12.6. The summed E-state index contributed by atoms with van der Waals surface area (Å²) in [6, 6.07) is 20.9. The highest BCUT2D eigenvalue weighted by molar-refractivity contribution is 7.99. The Kier molecular flexibility index (Phi) is 9.41. The van der Waals surface area contributed by atoms with Crippen molar-refractivity contribution < 1.29 is 23.7 Å². The Bertz CT molecular complexity index is 1400. The molecule has 4 aromatic rings. The standard InChI is InChI=1S/C28H29N5O5S/c1-5-38-22-13-11-21(12-14-22)33-27(20-9-7-6-8-10-20)31-32-28(33)39-18-25(34)30-29-17-19-15-23(35-2)26(37-4)24(16-19)36-3/h6-17H,5,18H2,1-4H3,(H,30,34). The molecule has 0 atom stereocenters. The predicted molar refractivity (Wildman–Crippen MR) is 151 cm³/mol. The Labute approximate surface area is 231 Å². The Balaban J connectivity index is 1.49. The fourth-order valence-electron chi connectivity index (χ4n) is 3.75. The van der Waals surface area contributed by atoms with E-state index in [-0.39, 0.29) is 11.7 Å². The van der Waals surface area contributed by atoms with E-state index in [2.05, 4.69) is 20.7 Å². The van der Waals surface area contributed by atoms with Crippen LogP contribution < -0.4 is 24.4 Å². The first-order valence-electron chi connectivity index (χ1n) is 12.1. The van der Waals surface area contributed by atoms with Gasteiger partial charge in [-0.2, -0.15) is 5.10 Å². The topological polar surface area (TPSA) is 109 Å². The molecule has 4 rings (SSSR count). The smallest absolute Gasteiger partial charge is 0.250 e. The van der Waals surface area contributed by atoms with Crippen LogP contribution in [0.1, 0.15) is 12.5 Å². The van der Waals surface area contributed by atoms with E-state index >= 15 is 0 Å². The van der Waals surface area contributed by atoms with Gasteiger partial charge in [-0.3, -0.25) is 9.36 Å².